The molecular formula is C11H25N3. The Kier molecular flexibility index (Phi) is 5.45. The quantitative estimate of drug-likeness (QED) is 0.695. The Bertz CT molecular complexity index is 141. The third-order valence-corrected chi connectivity index (χ3v) is 3.03. The van der Waals surface area contributed by atoms with Crippen molar-refractivity contribution < 1.29 is 0 Å². The van der Waals surface area contributed by atoms with Gasteiger partial charge in [-0.1, -0.05) is 13.8 Å². The topological polar surface area (TPSA) is 18.5 Å². The highest BCUT2D eigenvalue weighted by Gasteiger charge is 2.16. The molecule has 84 valence electrons. The van der Waals surface area contributed by atoms with Gasteiger partial charge >= 0.3 is 0 Å². The third kappa shape index (κ3) is 3.95. The number of likely N-dealkylation sites (N-methyl/N-ethyl adjacent to an activating group) is 1. The van der Waals surface area contributed by atoms with E-state index in [4.69, 9.17) is 0 Å². The van der Waals surface area contributed by atoms with Gasteiger partial charge in [0.2, 0.25) is 0 Å². The number of hydrogen-bond acceptors (Lipinski definition) is 3. The van der Waals surface area contributed by atoms with Crippen molar-refractivity contribution in [3.05, 3.63) is 0 Å². The molecule has 1 fully saturated rings. The summed E-state index contributed by atoms with van der Waals surface area (Å²) in [6, 6.07) is 0. The van der Waals surface area contributed by atoms with Crippen molar-refractivity contribution >= 4 is 0 Å². The first kappa shape index (κ1) is 12.0. The summed E-state index contributed by atoms with van der Waals surface area (Å²) in [6.45, 7) is 13.2. The lowest BCUT2D eigenvalue weighted by molar-refractivity contribution is 0.124. The van der Waals surface area contributed by atoms with Crippen molar-refractivity contribution in [1.29, 1.82) is 0 Å². The average Bonchev–Trinajstić information content (AvgIpc) is 2.19. The summed E-state index contributed by atoms with van der Waals surface area (Å²) in [7, 11) is 2.03. The van der Waals surface area contributed by atoms with E-state index in [1.807, 2.05) is 7.05 Å². The van der Waals surface area contributed by atoms with Crippen LogP contribution < -0.4 is 5.32 Å². The number of piperazine rings is 1. The second kappa shape index (κ2) is 6.38. The molecule has 0 spiro atoms. The van der Waals surface area contributed by atoms with Gasteiger partial charge in [-0.05, 0) is 26.1 Å². The van der Waals surface area contributed by atoms with E-state index in [-0.39, 0.29) is 0 Å². The maximum Gasteiger partial charge on any atom is 0.0110 e. The van der Waals surface area contributed by atoms with Crippen LogP contribution in [-0.2, 0) is 0 Å². The van der Waals surface area contributed by atoms with E-state index in [0.29, 0.717) is 0 Å². The molecule has 0 saturated carbocycles. The van der Waals surface area contributed by atoms with Crippen LogP contribution in [0.3, 0.4) is 0 Å². The molecule has 1 unspecified atom stereocenters. The largest absolute Gasteiger partial charge is 0.319 e. The zero-order valence-corrected chi connectivity index (χ0v) is 9.92. The van der Waals surface area contributed by atoms with Crippen molar-refractivity contribution in [1.82, 2.24) is 15.1 Å². The van der Waals surface area contributed by atoms with Crippen molar-refractivity contribution in [2.24, 2.45) is 5.92 Å². The van der Waals surface area contributed by atoms with Crippen LogP contribution in [0.1, 0.15) is 13.8 Å². The molecule has 1 heterocycles. The molecule has 0 bridgehead atoms. The molecule has 3 nitrogen and oxygen atoms in total. The SMILES string of the molecule is CCN1CCN(CC(C)CNC)CC1. The minimum absolute atomic E-state index is 0.771. The molecule has 0 aromatic rings. The highest BCUT2D eigenvalue weighted by Crippen LogP contribution is 2.04. The van der Waals surface area contributed by atoms with Gasteiger partial charge in [-0.3, -0.25) is 0 Å². The van der Waals surface area contributed by atoms with Gasteiger partial charge < -0.3 is 15.1 Å². The number of rotatable bonds is 5. The van der Waals surface area contributed by atoms with E-state index in [1.165, 1.54) is 39.3 Å². The van der Waals surface area contributed by atoms with Crippen LogP contribution in [0, 0.1) is 5.92 Å². The monoisotopic (exact) mass is 199 g/mol. The molecule has 1 atom stereocenters. The van der Waals surface area contributed by atoms with Crippen LogP contribution in [0.15, 0.2) is 0 Å². The van der Waals surface area contributed by atoms with E-state index in [2.05, 4.69) is 29.0 Å². The molecule has 1 aliphatic heterocycles. The van der Waals surface area contributed by atoms with Crippen molar-refractivity contribution in [2.75, 3.05) is 52.9 Å². The Balaban J connectivity index is 2.15. The van der Waals surface area contributed by atoms with Gasteiger partial charge in [0.1, 0.15) is 0 Å². The van der Waals surface area contributed by atoms with Gasteiger partial charge in [0.15, 0.2) is 0 Å². The molecule has 0 aromatic heterocycles. The van der Waals surface area contributed by atoms with Crippen LogP contribution in [0.4, 0.5) is 0 Å². The summed E-state index contributed by atoms with van der Waals surface area (Å²) >= 11 is 0. The average molecular weight is 199 g/mol. The second-order valence-corrected chi connectivity index (χ2v) is 4.40. The summed E-state index contributed by atoms with van der Waals surface area (Å²) in [6.07, 6.45) is 0. The van der Waals surface area contributed by atoms with E-state index < -0.39 is 0 Å². The first-order valence-electron chi connectivity index (χ1n) is 5.85. The first-order valence-corrected chi connectivity index (χ1v) is 5.85. The fourth-order valence-corrected chi connectivity index (χ4v) is 2.14. The molecule has 0 amide bonds. The first-order chi connectivity index (χ1) is 6.76. The van der Waals surface area contributed by atoms with Crippen LogP contribution in [0.2, 0.25) is 0 Å². The maximum atomic E-state index is 3.24. The zero-order valence-electron chi connectivity index (χ0n) is 9.92. The Labute approximate surface area is 88.5 Å². The van der Waals surface area contributed by atoms with Gasteiger partial charge in [0, 0.05) is 32.7 Å². The maximum absolute atomic E-state index is 3.24. The Morgan fingerprint density at radius 2 is 1.71 bits per heavy atom. The Morgan fingerprint density at radius 3 is 2.21 bits per heavy atom. The number of nitrogens with one attached hydrogen (secondary N) is 1. The smallest absolute Gasteiger partial charge is 0.0110 e. The minimum atomic E-state index is 0.771. The Hall–Kier alpha value is -0.120. The van der Waals surface area contributed by atoms with E-state index in [9.17, 15) is 0 Å². The lowest BCUT2D eigenvalue weighted by Crippen LogP contribution is -2.47. The molecular weight excluding hydrogens is 174 g/mol. The molecule has 3 heteroatoms. The summed E-state index contributed by atoms with van der Waals surface area (Å²) in [5.41, 5.74) is 0. The summed E-state index contributed by atoms with van der Waals surface area (Å²) < 4.78 is 0. The second-order valence-electron chi connectivity index (χ2n) is 4.40. The predicted octanol–water partition coefficient (Wildman–Crippen LogP) is 0.479. The summed E-state index contributed by atoms with van der Waals surface area (Å²) in [4.78, 5) is 5.12. The van der Waals surface area contributed by atoms with Crippen LogP contribution >= 0.6 is 0 Å². The van der Waals surface area contributed by atoms with E-state index in [1.54, 1.807) is 0 Å². The molecule has 1 aliphatic rings. The van der Waals surface area contributed by atoms with E-state index >= 15 is 0 Å². The normalized spacial score (nSPS) is 22.5. The predicted molar refractivity (Wildman–Crippen MR) is 61.6 cm³/mol. The summed E-state index contributed by atoms with van der Waals surface area (Å²) in [5, 5.41) is 3.24. The van der Waals surface area contributed by atoms with Gasteiger partial charge in [-0.25, -0.2) is 0 Å². The molecule has 0 radical (unpaired) electrons. The fraction of sp³-hybridized carbons (Fsp3) is 1.00. The van der Waals surface area contributed by atoms with E-state index in [0.717, 1.165) is 12.5 Å². The van der Waals surface area contributed by atoms with Gasteiger partial charge in [-0.15, -0.1) is 0 Å². The standard InChI is InChI=1S/C11H25N3/c1-4-13-5-7-14(8-6-13)10-11(2)9-12-3/h11-12H,4-10H2,1-3H3. The minimum Gasteiger partial charge on any atom is -0.319 e. The molecule has 14 heavy (non-hydrogen) atoms. The van der Waals surface area contributed by atoms with Crippen molar-refractivity contribution in [2.45, 2.75) is 13.8 Å². The molecule has 1 saturated heterocycles. The highest BCUT2D eigenvalue weighted by atomic mass is 15.3. The fourth-order valence-electron chi connectivity index (χ4n) is 2.14. The summed E-state index contributed by atoms with van der Waals surface area (Å²) in [5.74, 6) is 0.771. The van der Waals surface area contributed by atoms with Crippen LogP contribution in [-0.4, -0.2) is 62.7 Å². The molecule has 0 aliphatic carbocycles. The molecule has 0 aromatic carbocycles. The number of hydrogen-bond donors (Lipinski definition) is 1. The van der Waals surface area contributed by atoms with Crippen LogP contribution in [0.25, 0.3) is 0 Å². The number of nitrogens with zero attached hydrogens (tertiary/aromatic N) is 2. The van der Waals surface area contributed by atoms with Gasteiger partial charge in [-0.2, -0.15) is 0 Å². The third-order valence-electron chi connectivity index (χ3n) is 3.03. The van der Waals surface area contributed by atoms with Crippen molar-refractivity contribution in [3.8, 4) is 0 Å². The highest BCUT2D eigenvalue weighted by molar-refractivity contribution is 4.72. The Morgan fingerprint density at radius 1 is 1.14 bits per heavy atom. The van der Waals surface area contributed by atoms with Gasteiger partial charge in [0.05, 0.1) is 0 Å². The molecule has 1 N–H and O–H groups in total. The van der Waals surface area contributed by atoms with Crippen molar-refractivity contribution in [3.63, 3.8) is 0 Å². The zero-order chi connectivity index (χ0) is 10.4. The van der Waals surface area contributed by atoms with Crippen LogP contribution in [0.5, 0.6) is 0 Å². The molecule has 1 rings (SSSR count). The lowest BCUT2D eigenvalue weighted by atomic mass is 10.1. The lowest BCUT2D eigenvalue weighted by Gasteiger charge is -2.35. The van der Waals surface area contributed by atoms with Gasteiger partial charge in [0.25, 0.3) is 0 Å².